The Labute approximate surface area is 182 Å². The number of carbonyl (C=O) groups is 1. The number of nitriles is 1. The Kier molecular flexibility index (Phi) is 5.65. The number of aromatic nitrogens is 2. The molecule has 0 atom stereocenters. The topological polar surface area (TPSA) is 103 Å². The first-order valence-corrected chi connectivity index (χ1v) is 9.67. The lowest BCUT2D eigenvalue weighted by Gasteiger charge is -2.06. The fraction of sp³-hybridized carbons (Fsp3) is 0.0435. The minimum atomic E-state index is -0.451. The first-order chi connectivity index (χ1) is 15.0. The number of nitrogens with zero attached hydrogens (tertiary/aromatic N) is 4. The monoisotopic (exact) mass is 429 g/mol. The number of carbonyl (C=O) groups excluding carboxylic acids is 1. The zero-order chi connectivity index (χ0) is 21.8. The molecule has 8 heteroatoms. The summed E-state index contributed by atoms with van der Waals surface area (Å²) < 4.78 is 2.03. The number of amides is 1. The van der Waals surface area contributed by atoms with Crippen molar-refractivity contribution >= 4 is 34.6 Å². The number of hydrogen-bond donors (Lipinski definition) is 2. The molecule has 0 saturated heterocycles. The molecule has 2 heterocycles. The van der Waals surface area contributed by atoms with Crippen molar-refractivity contribution in [1.82, 2.24) is 15.0 Å². The van der Waals surface area contributed by atoms with Gasteiger partial charge in [0.1, 0.15) is 5.75 Å². The van der Waals surface area contributed by atoms with Gasteiger partial charge in [-0.2, -0.15) is 10.4 Å². The molecule has 7 nitrogen and oxygen atoms in total. The molecular weight excluding hydrogens is 414 g/mol. The smallest absolute Gasteiger partial charge is 0.271 e. The second-order valence-corrected chi connectivity index (χ2v) is 7.19. The molecule has 0 unspecified atom stereocenters. The molecule has 0 bridgehead atoms. The number of fused-ring (bicyclic) bond motifs is 1. The summed E-state index contributed by atoms with van der Waals surface area (Å²) in [6, 6.07) is 15.7. The van der Waals surface area contributed by atoms with Crippen molar-refractivity contribution in [3.63, 3.8) is 0 Å². The third kappa shape index (κ3) is 4.39. The average molecular weight is 430 g/mol. The Morgan fingerprint density at radius 3 is 2.94 bits per heavy atom. The van der Waals surface area contributed by atoms with Gasteiger partial charge < -0.3 is 9.67 Å². The molecule has 1 amide bonds. The maximum Gasteiger partial charge on any atom is 0.271 e. The molecule has 31 heavy (non-hydrogen) atoms. The van der Waals surface area contributed by atoms with E-state index in [-0.39, 0.29) is 16.3 Å². The first kappa shape index (κ1) is 20.1. The molecule has 2 aromatic carbocycles. The summed E-state index contributed by atoms with van der Waals surface area (Å²) in [7, 11) is 0. The van der Waals surface area contributed by atoms with Crippen LogP contribution in [0, 0.1) is 11.3 Å². The summed E-state index contributed by atoms with van der Waals surface area (Å²) in [6.07, 6.45) is 6.89. The van der Waals surface area contributed by atoms with Gasteiger partial charge in [-0.05, 0) is 42.0 Å². The third-order valence-electron chi connectivity index (χ3n) is 4.72. The van der Waals surface area contributed by atoms with E-state index in [1.54, 1.807) is 18.5 Å². The SMILES string of the molecule is N#Cc1cccc(Cn2ccc3c(/C=N/NC(=O)c4ccc(O)c(Cl)c4)cncc32)c1. The minimum absolute atomic E-state index is 0.0900. The number of phenols is 1. The summed E-state index contributed by atoms with van der Waals surface area (Å²) in [5.41, 5.74) is 6.00. The van der Waals surface area contributed by atoms with Crippen LogP contribution in [0.4, 0.5) is 0 Å². The minimum Gasteiger partial charge on any atom is -0.506 e. The Balaban J connectivity index is 1.53. The highest BCUT2D eigenvalue weighted by molar-refractivity contribution is 6.32. The van der Waals surface area contributed by atoms with Crippen LogP contribution in [0.25, 0.3) is 10.9 Å². The lowest BCUT2D eigenvalue weighted by molar-refractivity contribution is 0.0955. The lowest BCUT2D eigenvalue weighted by atomic mass is 10.1. The first-order valence-electron chi connectivity index (χ1n) is 9.29. The van der Waals surface area contributed by atoms with Crippen molar-refractivity contribution in [2.45, 2.75) is 6.54 Å². The van der Waals surface area contributed by atoms with E-state index in [0.717, 1.165) is 22.0 Å². The molecular formula is C23H16ClN5O2. The number of nitrogens with one attached hydrogen (secondary N) is 1. The van der Waals surface area contributed by atoms with Crippen LogP contribution in [0.5, 0.6) is 5.75 Å². The van der Waals surface area contributed by atoms with Crippen LogP contribution in [0.3, 0.4) is 0 Å². The summed E-state index contributed by atoms with van der Waals surface area (Å²) in [6.45, 7) is 0.597. The molecule has 0 spiro atoms. The van der Waals surface area contributed by atoms with Crippen LogP contribution in [0.15, 0.2) is 72.2 Å². The Hall–Kier alpha value is -4.15. The number of phenolic OH excluding ortho intramolecular Hbond substituents is 1. The largest absolute Gasteiger partial charge is 0.506 e. The molecule has 0 aliphatic rings. The molecule has 0 aliphatic heterocycles. The molecule has 0 saturated carbocycles. The highest BCUT2D eigenvalue weighted by Crippen LogP contribution is 2.23. The maximum atomic E-state index is 12.2. The van der Waals surface area contributed by atoms with E-state index in [4.69, 9.17) is 16.9 Å². The van der Waals surface area contributed by atoms with Gasteiger partial charge in [0, 0.05) is 35.5 Å². The second kappa shape index (κ2) is 8.69. The van der Waals surface area contributed by atoms with Gasteiger partial charge in [-0.15, -0.1) is 0 Å². The van der Waals surface area contributed by atoms with Gasteiger partial charge in [0.05, 0.1) is 34.6 Å². The van der Waals surface area contributed by atoms with Crippen LogP contribution in [0.1, 0.15) is 27.0 Å². The highest BCUT2D eigenvalue weighted by atomic mass is 35.5. The average Bonchev–Trinajstić information content (AvgIpc) is 3.19. The van der Waals surface area contributed by atoms with Crippen LogP contribution < -0.4 is 5.43 Å². The van der Waals surface area contributed by atoms with Crippen molar-refractivity contribution in [1.29, 1.82) is 5.26 Å². The van der Waals surface area contributed by atoms with Crippen molar-refractivity contribution in [3.8, 4) is 11.8 Å². The number of pyridine rings is 1. The number of rotatable bonds is 5. The number of hydrazone groups is 1. The van der Waals surface area contributed by atoms with E-state index < -0.39 is 5.91 Å². The molecule has 0 fully saturated rings. The van der Waals surface area contributed by atoms with E-state index in [0.29, 0.717) is 12.1 Å². The Morgan fingerprint density at radius 1 is 1.26 bits per heavy atom. The van der Waals surface area contributed by atoms with E-state index in [1.165, 1.54) is 24.4 Å². The van der Waals surface area contributed by atoms with Gasteiger partial charge in [0.2, 0.25) is 0 Å². The van der Waals surface area contributed by atoms with Crippen LogP contribution in [0.2, 0.25) is 5.02 Å². The van der Waals surface area contributed by atoms with Crippen molar-refractivity contribution in [3.05, 3.63) is 94.4 Å². The number of halogens is 1. The van der Waals surface area contributed by atoms with Crippen molar-refractivity contribution < 1.29 is 9.90 Å². The van der Waals surface area contributed by atoms with Gasteiger partial charge in [-0.3, -0.25) is 9.78 Å². The van der Waals surface area contributed by atoms with Gasteiger partial charge in [0.25, 0.3) is 5.91 Å². The zero-order valence-electron chi connectivity index (χ0n) is 16.2. The van der Waals surface area contributed by atoms with Gasteiger partial charge in [-0.1, -0.05) is 23.7 Å². The third-order valence-corrected chi connectivity index (χ3v) is 5.02. The highest BCUT2D eigenvalue weighted by Gasteiger charge is 2.09. The molecule has 152 valence electrons. The van der Waals surface area contributed by atoms with Crippen LogP contribution in [-0.2, 0) is 6.54 Å². The molecule has 0 radical (unpaired) electrons. The van der Waals surface area contributed by atoms with E-state index in [2.05, 4.69) is 21.6 Å². The number of hydrogen-bond acceptors (Lipinski definition) is 5. The quantitative estimate of drug-likeness (QED) is 0.368. The standard InChI is InChI=1S/C23H16ClN5O2/c24-20-9-17(4-5-22(20)30)23(31)28-27-12-18-11-26-13-21-19(18)6-7-29(21)14-16-3-1-2-15(8-16)10-25/h1-9,11-13,30H,14H2,(H,28,31)/b27-12+. The predicted molar refractivity (Wildman–Crippen MR) is 118 cm³/mol. The van der Waals surface area contributed by atoms with E-state index in [9.17, 15) is 9.90 Å². The zero-order valence-corrected chi connectivity index (χ0v) is 16.9. The lowest BCUT2D eigenvalue weighted by Crippen LogP contribution is -2.17. The fourth-order valence-electron chi connectivity index (χ4n) is 3.18. The van der Waals surface area contributed by atoms with Gasteiger partial charge >= 0.3 is 0 Å². The fourth-order valence-corrected chi connectivity index (χ4v) is 3.36. The maximum absolute atomic E-state index is 12.2. The van der Waals surface area contributed by atoms with E-state index in [1.807, 2.05) is 35.0 Å². The van der Waals surface area contributed by atoms with Gasteiger partial charge in [-0.25, -0.2) is 5.43 Å². The van der Waals surface area contributed by atoms with Crippen molar-refractivity contribution in [2.24, 2.45) is 5.10 Å². The predicted octanol–water partition coefficient (Wildman–Crippen LogP) is 4.08. The summed E-state index contributed by atoms with van der Waals surface area (Å²) in [5.74, 6) is -0.545. The molecule has 0 aliphatic carbocycles. The Bertz CT molecular complexity index is 1350. The molecule has 4 aromatic rings. The van der Waals surface area contributed by atoms with E-state index >= 15 is 0 Å². The van der Waals surface area contributed by atoms with Crippen LogP contribution >= 0.6 is 11.6 Å². The van der Waals surface area contributed by atoms with Crippen LogP contribution in [-0.4, -0.2) is 26.8 Å². The van der Waals surface area contributed by atoms with Gasteiger partial charge in [0.15, 0.2) is 0 Å². The summed E-state index contributed by atoms with van der Waals surface area (Å²) in [4.78, 5) is 16.5. The number of benzene rings is 2. The number of aromatic hydroxyl groups is 1. The Morgan fingerprint density at radius 2 is 2.13 bits per heavy atom. The summed E-state index contributed by atoms with van der Waals surface area (Å²) in [5, 5.41) is 23.6. The second-order valence-electron chi connectivity index (χ2n) is 6.78. The molecule has 2 aromatic heterocycles. The summed E-state index contributed by atoms with van der Waals surface area (Å²) >= 11 is 5.84. The normalized spacial score (nSPS) is 11.0. The molecule has 4 rings (SSSR count). The van der Waals surface area contributed by atoms with Crippen molar-refractivity contribution in [2.75, 3.05) is 0 Å². The molecule has 2 N–H and O–H groups in total.